The molecule has 2 rings (SSSR count). The molecule has 0 aliphatic rings. The molecule has 0 saturated carbocycles. The number of hydrogen-bond acceptors (Lipinski definition) is 1. The molecule has 0 aromatic heterocycles. The van der Waals surface area contributed by atoms with Crippen LogP contribution in [0.5, 0.6) is 11.5 Å². The molecule has 96 valence electrons. The molecule has 0 atom stereocenters. The van der Waals surface area contributed by atoms with Gasteiger partial charge in [-0.1, -0.05) is 38.1 Å². The van der Waals surface area contributed by atoms with Gasteiger partial charge in [-0.25, -0.2) is 8.78 Å². The number of aryl methyl sites for hydroxylation is 1. The quantitative estimate of drug-likeness (QED) is 0.721. The number of halogens is 2. The Morgan fingerprint density at radius 2 is 1.50 bits per heavy atom. The maximum atomic E-state index is 13.6. The summed E-state index contributed by atoms with van der Waals surface area (Å²) >= 11 is 0. The molecule has 0 unspecified atom stereocenters. The summed E-state index contributed by atoms with van der Waals surface area (Å²) < 4.78 is 32.1. The van der Waals surface area contributed by atoms with Crippen molar-refractivity contribution >= 4 is 0 Å². The van der Waals surface area contributed by atoms with Crippen molar-refractivity contribution in [2.75, 3.05) is 0 Å². The van der Waals surface area contributed by atoms with Gasteiger partial charge in [0.25, 0.3) is 0 Å². The molecular formula is C15H16F2O. The molecular weight excluding hydrogens is 234 g/mol. The van der Waals surface area contributed by atoms with Crippen molar-refractivity contribution in [3.05, 3.63) is 59.7 Å². The minimum Gasteiger partial charge on any atom is -0.451 e. The first-order chi connectivity index (χ1) is 8.68. The van der Waals surface area contributed by atoms with Crippen LogP contribution in [0.3, 0.4) is 0 Å². The fourth-order valence-corrected chi connectivity index (χ4v) is 1.33. The fraction of sp³-hybridized carbons (Fsp3) is 0.200. The average Bonchev–Trinajstić information content (AvgIpc) is 2.43. The van der Waals surface area contributed by atoms with Gasteiger partial charge < -0.3 is 4.74 Å². The van der Waals surface area contributed by atoms with E-state index in [4.69, 9.17) is 4.74 Å². The van der Waals surface area contributed by atoms with E-state index in [9.17, 15) is 8.78 Å². The Kier molecular flexibility index (Phi) is 5.31. The van der Waals surface area contributed by atoms with Crippen molar-refractivity contribution in [2.24, 2.45) is 0 Å². The zero-order valence-corrected chi connectivity index (χ0v) is 10.7. The highest BCUT2D eigenvalue weighted by atomic mass is 19.1. The van der Waals surface area contributed by atoms with Crippen molar-refractivity contribution in [2.45, 2.75) is 20.8 Å². The third-order valence-electron chi connectivity index (χ3n) is 2.21. The molecule has 0 bridgehead atoms. The Bertz CT molecular complexity index is 495. The van der Waals surface area contributed by atoms with Gasteiger partial charge in [0.2, 0.25) is 0 Å². The zero-order valence-electron chi connectivity index (χ0n) is 10.7. The van der Waals surface area contributed by atoms with Gasteiger partial charge in [-0.05, 0) is 30.7 Å². The van der Waals surface area contributed by atoms with Crippen LogP contribution >= 0.6 is 0 Å². The van der Waals surface area contributed by atoms with Gasteiger partial charge in [-0.2, -0.15) is 0 Å². The van der Waals surface area contributed by atoms with Crippen molar-refractivity contribution in [1.82, 2.24) is 0 Å². The van der Waals surface area contributed by atoms with Crippen LogP contribution in [0.25, 0.3) is 0 Å². The summed E-state index contributed by atoms with van der Waals surface area (Å²) in [4.78, 5) is 0. The standard InChI is InChI=1S/C13H10F2O.C2H6/c1-9-7-8-11(14)13(12(9)15)16-10-5-3-2-4-6-10;1-2/h2-8H,1H3;1-2H3. The first kappa shape index (κ1) is 14.2. The van der Waals surface area contributed by atoms with Crippen LogP contribution in [0.2, 0.25) is 0 Å². The van der Waals surface area contributed by atoms with Crippen LogP contribution in [-0.4, -0.2) is 0 Å². The van der Waals surface area contributed by atoms with E-state index in [-0.39, 0.29) is 5.75 Å². The predicted octanol–water partition coefficient (Wildman–Crippen LogP) is 5.09. The van der Waals surface area contributed by atoms with Gasteiger partial charge >= 0.3 is 0 Å². The highest BCUT2D eigenvalue weighted by Gasteiger charge is 2.13. The highest BCUT2D eigenvalue weighted by Crippen LogP contribution is 2.28. The van der Waals surface area contributed by atoms with Crippen molar-refractivity contribution < 1.29 is 13.5 Å². The Labute approximate surface area is 106 Å². The van der Waals surface area contributed by atoms with Crippen LogP contribution in [0, 0.1) is 18.6 Å². The Hall–Kier alpha value is -1.90. The summed E-state index contributed by atoms with van der Waals surface area (Å²) in [5.41, 5.74) is 0.354. The maximum Gasteiger partial charge on any atom is 0.198 e. The number of benzene rings is 2. The summed E-state index contributed by atoms with van der Waals surface area (Å²) in [6.45, 7) is 5.56. The Morgan fingerprint density at radius 3 is 2.11 bits per heavy atom. The molecule has 3 heteroatoms. The molecule has 2 aromatic rings. The van der Waals surface area contributed by atoms with Gasteiger partial charge in [0.15, 0.2) is 17.4 Å². The van der Waals surface area contributed by atoms with Crippen LogP contribution in [0.15, 0.2) is 42.5 Å². The molecule has 18 heavy (non-hydrogen) atoms. The van der Waals surface area contributed by atoms with E-state index in [0.29, 0.717) is 11.3 Å². The number of hydrogen-bond donors (Lipinski definition) is 0. The van der Waals surface area contributed by atoms with E-state index in [2.05, 4.69) is 0 Å². The summed E-state index contributed by atoms with van der Waals surface area (Å²) in [5, 5.41) is 0. The first-order valence-electron chi connectivity index (χ1n) is 5.86. The molecule has 0 heterocycles. The first-order valence-corrected chi connectivity index (χ1v) is 5.86. The third-order valence-corrected chi connectivity index (χ3v) is 2.21. The van der Waals surface area contributed by atoms with E-state index in [1.165, 1.54) is 12.1 Å². The van der Waals surface area contributed by atoms with E-state index in [0.717, 1.165) is 0 Å². The second-order valence-electron chi connectivity index (χ2n) is 3.42. The molecule has 0 fully saturated rings. The van der Waals surface area contributed by atoms with E-state index in [1.807, 2.05) is 13.8 Å². The second kappa shape index (κ2) is 6.74. The number of ether oxygens (including phenoxy) is 1. The lowest BCUT2D eigenvalue weighted by molar-refractivity contribution is 0.405. The number of para-hydroxylation sites is 1. The molecule has 1 nitrogen and oxygen atoms in total. The molecule has 0 N–H and O–H groups in total. The second-order valence-corrected chi connectivity index (χ2v) is 3.42. The van der Waals surface area contributed by atoms with Crippen molar-refractivity contribution in [3.63, 3.8) is 0 Å². The van der Waals surface area contributed by atoms with Crippen LogP contribution in [0.1, 0.15) is 19.4 Å². The summed E-state index contributed by atoms with van der Waals surface area (Å²) in [5.74, 6) is -1.31. The minimum absolute atomic E-state index is 0.354. The Morgan fingerprint density at radius 1 is 0.889 bits per heavy atom. The maximum absolute atomic E-state index is 13.6. The SMILES string of the molecule is CC.Cc1ccc(F)c(Oc2ccccc2)c1F. The molecule has 0 amide bonds. The molecule has 0 spiro atoms. The smallest absolute Gasteiger partial charge is 0.198 e. The monoisotopic (exact) mass is 250 g/mol. The van der Waals surface area contributed by atoms with E-state index >= 15 is 0 Å². The summed E-state index contributed by atoms with van der Waals surface area (Å²) in [7, 11) is 0. The summed E-state index contributed by atoms with van der Waals surface area (Å²) in [6, 6.07) is 11.1. The predicted molar refractivity (Wildman–Crippen MR) is 69.0 cm³/mol. The molecule has 0 radical (unpaired) electrons. The van der Waals surface area contributed by atoms with Crippen LogP contribution < -0.4 is 4.74 Å². The van der Waals surface area contributed by atoms with Crippen LogP contribution in [0.4, 0.5) is 8.78 Å². The third kappa shape index (κ3) is 3.29. The Balaban J connectivity index is 0.000000771. The van der Waals surface area contributed by atoms with Gasteiger partial charge in [0, 0.05) is 0 Å². The highest BCUT2D eigenvalue weighted by molar-refractivity contribution is 5.36. The van der Waals surface area contributed by atoms with E-state index < -0.39 is 11.6 Å². The van der Waals surface area contributed by atoms with Crippen molar-refractivity contribution in [1.29, 1.82) is 0 Å². The van der Waals surface area contributed by atoms with Gasteiger partial charge in [-0.15, -0.1) is 0 Å². The zero-order chi connectivity index (χ0) is 13.5. The van der Waals surface area contributed by atoms with Crippen molar-refractivity contribution in [3.8, 4) is 11.5 Å². The number of rotatable bonds is 2. The normalized spacial score (nSPS) is 9.39. The van der Waals surface area contributed by atoms with Crippen LogP contribution in [-0.2, 0) is 0 Å². The minimum atomic E-state index is -0.702. The molecule has 0 aliphatic carbocycles. The van der Waals surface area contributed by atoms with Gasteiger partial charge in [0.1, 0.15) is 5.75 Å². The lowest BCUT2D eigenvalue weighted by atomic mass is 10.2. The van der Waals surface area contributed by atoms with E-state index in [1.54, 1.807) is 37.3 Å². The molecule has 2 aromatic carbocycles. The lowest BCUT2D eigenvalue weighted by Gasteiger charge is -2.08. The average molecular weight is 250 g/mol. The summed E-state index contributed by atoms with van der Waals surface area (Å²) in [6.07, 6.45) is 0. The van der Waals surface area contributed by atoms with Gasteiger partial charge in [-0.3, -0.25) is 0 Å². The molecule has 0 aliphatic heterocycles. The largest absolute Gasteiger partial charge is 0.451 e. The lowest BCUT2D eigenvalue weighted by Crippen LogP contribution is -1.94. The topological polar surface area (TPSA) is 9.23 Å². The molecule has 0 saturated heterocycles. The van der Waals surface area contributed by atoms with Gasteiger partial charge in [0.05, 0.1) is 0 Å². The fourth-order valence-electron chi connectivity index (χ4n) is 1.33.